The lowest BCUT2D eigenvalue weighted by molar-refractivity contribution is -0.172. The lowest BCUT2D eigenvalue weighted by atomic mass is 9.48. The van der Waals surface area contributed by atoms with E-state index >= 15 is 0 Å². The summed E-state index contributed by atoms with van der Waals surface area (Å²) in [6, 6.07) is 3.59. The maximum Gasteiger partial charge on any atom is 0.252 e. The fraction of sp³-hybridized carbons (Fsp3) is 0.682. The van der Waals surface area contributed by atoms with E-state index in [1.807, 2.05) is 6.07 Å². The summed E-state index contributed by atoms with van der Waals surface area (Å²) in [6.07, 6.45) is 7.41. The number of primary amides is 1. The molecule has 1 heterocycles. The highest BCUT2D eigenvalue weighted by molar-refractivity contribution is 5.96. The van der Waals surface area contributed by atoms with Crippen LogP contribution < -0.4 is 11.5 Å². The molecule has 1 saturated heterocycles. The Hall–Kier alpha value is -1.63. The number of hydrogen-bond acceptors (Lipinski definition) is 5. The van der Waals surface area contributed by atoms with Crippen LogP contribution in [0, 0.1) is 5.92 Å². The standard InChI is InChI=1S/C22H31N3O3/c23-15-6-7-22(28)17-10-14-4-5-16(20(24)27)19(26)18(14)21(22,11-15)8-9-25(17)12-13-2-1-3-13/h4-5,13,15,17,26,28H,1-3,6-12,23H2,(H2,24,27)/t15?,17-,21?,22-/m1/s1. The van der Waals surface area contributed by atoms with Crippen molar-refractivity contribution in [3.05, 3.63) is 28.8 Å². The van der Waals surface area contributed by atoms with Gasteiger partial charge >= 0.3 is 0 Å². The number of rotatable bonds is 3. The average Bonchev–Trinajstić information content (AvgIpc) is 2.59. The molecule has 5 rings (SSSR count). The number of carbonyl (C=O) groups excluding carboxylic acids is 1. The zero-order valence-electron chi connectivity index (χ0n) is 16.4. The van der Waals surface area contributed by atoms with Crippen LogP contribution in [-0.4, -0.2) is 51.8 Å². The Morgan fingerprint density at radius 1 is 1.25 bits per heavy atom. The first kappa shape index (κ1) is 18.4. The smallest absolute Gasteiger partial charge is 0.252 e. The Morgan fingerprint density at radius 3 is 2.71 bits per heavy atom. The Bertz CT molecular complexity index is 823. The van der Waals surface area contributed by atoms with E-state index in [9.17, 15) is 15.0 Å². The molecular formula is C22H31N3O3. The van der Waals surface area contributed by atoms with E-state index in [4.69, 9.17) is 11.5 Å². The van der Waals surface area contributed by atoms with E-state index in [1.54, 1.807) is 6.07 Å². The number of carbonyl (C=O) groups is 1. The van der Waals surface area contributed by atoms with Gasteiger partial charge < -0.3 is 21.7 Å². The van der Waals surface area contributed by atoms with Gasteiger partial charge in [0.1, 0.15) is 5.75 Å². The summed E-state index contributed by atoms with van der Waals surface area (Å²) in [4.78, 5) is 14.4. The molecule has 1 amide bonds. The number of aromatic hydroxyl groups is 1. The number of likely N-dealkylation sites (tertiary alicyclic amines) is 1. The maximum atomic E-state index is 12.1. The van der Waals surface area contributed by atoms with Crippen molar-refractivity contribution in [2.75, 3.05) is 13.1 Å². The number of fused-ring (bicyclic) bond motifs is 1. The predicted molar refractivity (Wildman–Crippen MR) is 106 cm³/mol. The van der Waals surface area contributed by atoms with Crippen molar-refractivity contribution in [3.63, 3.8) is 0 Å². The van der Waals surface area contributed by atoms with Crippen LogP contribution in [0.2, 0.25) is 0 Å². The lowest BCUT2D eigenvalue weighted by Gasteiger charge is -2.65. The predicted octanol–water partition coefficient (Wildman–Crippen LogP) is 1.40. The SMILES string of the molecule is NC(=O)c1ccc2c(c1O)C13CCN(CC4CCC4)[C@H](C2)[C@]1(O)CCC(N)C3. The fourth-order valence-corrected chi connectivity index (χ4v) is 6.68. The molecule has 152 valence electrons. The molecule has 3 fully saturated rings. The molecule has 1 aliphatic heterocycles. The number of nitrogens with zero attached hydrogens (tertiary/aromatic N) is 1. The molecule has 0 spiro atoms. The number of nitrogens with two attached hydrogens (primary N) is 2. The van der Waals surface area contributed by atoms with Crippen molar-refractivity contribution in [1.29, 1.82) is 0 Å². The minimum absolute atomic E-state index is 0.0123. The third kappa shape index (κ3) is 2.34. The quantitative estimate of drug-likeness (QED) is 0.628. The number of benzene rings is 1. The van der Waals surface area contributed by atoms with Crippen LogP contribution in [0.15, 0.2) is 12.1 Å². The number of phenols is 1. The van der Waals surface area contributed by atoms with Crippen molar-refractivity contribution >= 4 is 5.91 Å². The van der Waals surface area contributed by atoms with Gasteiger partial charge in [0.25, 0.3) is 5.91 Å². The highest BCUT2D eigenvalue weighted by Gasteiger charge is 2.65. The molecule has 4 aliphatic rings. The molecule has 3 aliphatic carbocycles. The minimum Gasteiger partial charge on any atom is -0.507 e. The Morgan fingerprint density at radius 2 is 2.04 bits per heavy atom. The van der Waals surface area contributed by atoms with Gasteiger partial charge in [-0.05, 0) is 69.0 Å². The second-order valence-electron chi connectivity index (χ2n) is 9.63. The molecule has 6 heteroatoms. The largest absolute Gasteiger partial charge is 0.507 e. The average molecular weight is 386 g/mol. The van der Waals surface area contributed by atoms with E-state index in [0.29, 0.717) is 19.3 Å². The number of hydrogen-bond donors (Lipinski definition) is 4. The molecule has 1 aromatic carbocycles. The summed E-state index contributed by atoms with van der Waals surface area (Å²) in [5.74, 6) is 0.0716. The van der Waals surface area contributed by atoms with Crippen LogP contribution in [0.3, 0.4) is 0 Å². The first-order valence-corrected chi connectivity index (χ1v) is 10.7. The van der Waals surface area contributed by atoms with E-state index in [0.717, 1.165) is 43.0 Å². The van der Waals surface area contributed by atoms with Gasteiger partial charge in [-0.1, -0.05) is 12.5 Å². The zero-order chi connectivity index (χ0) is 19.7. The van der Waals surface area contributed by atoms with Gasteiger partial charge in [-0.25, -0.2) is 0 Å². The monoisotopic (exact) mass is 385 g/mol. The number of piperidine rings is 1. The van der Waals surface area contributed by atoms with Crippen molar-refractivity contribution in [2.45, 2.75) is 74.5 Å². The second kappa shape index (κ2) is 6.18. The Kier molecular flexibility index (Phi) is 4.06. The van der Waals surface area contributed by atoms with Crippen LogP contribution in [0.5, 0.6) is 5.75 Å². The van der Waals surface area contributed by atoms with Gasteiger partial charge in [-0.3, -0.25) is 9.69 Å². The van der Waals surface area contributed by atoms with Crippen LogP contribution in [0.1, 0.15) is 66.4 Å². The molecule has 0 aromatic heterocycles. The van der Waals surface area contributed by atoms with Gasteiger partial charge in [-0.2, -0.15) is 0 Å². The molecular weight excluding hydrogens is 354 g/mol. The summed E-state index contributed by atoms with van der Waals surface area (Å²) in [6.45, 7) is 1.95. The Balaban J connectivity index is 1.65. The van der Waals surface area contributed by atoms with Crippen LogP contribution in [0.4, 0.5) is 0 Å². The van der Waals surface area contributed by atoms with Crippen molar-refractivity contribution < 1.29 is 15.0 Å². The third-order valence-electron chi connectivity index (χ3n) is 8.29. The zero-order valence-corrected chi connectivity index (χ0v) is 16.4. The second-order valence-corrected chi connectivity index (χ2v) is 9.63. The highest BCUT2D eigenvalue weighted by Crippen LogP contribution is 2.60. The van der Waals surface area contributed by atoms with Gasteiger partial charge in [-0.15, -0.1) is 0 Å². The Labute approximate surface area is 165 Å². The maximum absolute atomic E-state index is 12.1. The molecule has 2 unspecified atom stereocenters. The molecule has 2 bridgehead atoms. The first-order valence-electron chi connectivity index (χ1n) is 10.7. The minimum atomic E-state index is -0.925. The lowest BCUT2D eigenvalue weighted by Crippen LogP contribution is -2.74. The van der Waals surface area contributed by atoms with Gasteiger partial charge in [0.05, 0.1) is 11.2 Å². The third-order valence-corrected chi connectivity index (χ3v) is 8.29. The molecule has 1 aromatic rings. The van der Waals surface area contributed by atoms with Crippen LogP contribution >= 0.6 is 0 Å². The summed E-state index contributed by atoms with van der Waals surface area (Å²) in [5, 5.41) is 23.2. The van der Waals surface area contributed by atoms with Crippen molar-refractivity contribution in [2.24, 2.45) is 17.4 Å². The number of amides is 1. The van der Waals surface area contributed by atoms with E-state index in [2.05, 4.69) is 4.90 Å². The van der Waals surface area contributed by atoms with E-state index < -0.39 is 16.9 Å². The number of aliphatic hydroxyl groups is 1. The van der Waals surface area contributed by atoms with E-state index in [1.165, 1.54) is 19.3 Å². The van der Waals surface area contributed by atoms with Gasteiger partial charge in [0.15, 0.2) is 0 Å². The topological polar surface area (TPSA) is 113 Å². The molecule has 6 N–H and O–H groups in total. The summed E-state index contributed by atoms with van der Waals surface area (Å²) in [7, 11) is 0. The molecule has 4 atom stereocenters. The molecule has 28 heavy (non-hydrogen) atoms. The van der Waals surface area contributed by atoms with Crippen molar-refractivity contribution in [1.82, 2.24) is 4.90 Å². The molecule has 0 radical (unpaired) electrons. The highest BCUT2D eigenvalue weighted by atomic mass is 16.3. The molecule has 6 nitrogen and oxygen atoms in total. The van der Waals surface area contributed by atoms with Gasteiger partial charge in [0.2, 0.25) is 0 Å². The molecule has 2 saturated carbocycles. The van der Waals surface area contributed by atoms with Gasteiger partial charge in [0, 0.05) is 29.6 Å². The first-order chi connectivity index (χ1) is 13.4. The van der Waals surface area contributed by atoms with Crippen LogP contribution in [0.25, 0.3) is 0 Å². The summed E-state index contributed by atoms with van der Waals surface area (Å²) < 4.78 is 0. The van der Waals surface area contributed by atoms with Crippen LogP contribution in [-0.2, 0) is 11.8 Å². The normalized spacial score (nSPS) is 37.6. The summed E-state index contributed by atoms with van der Waals surface area (Å²) in [5.41, 5.74) is 12.3. The fourth-order valence-electron chi connectivity index (χ4n) is 6.68. The summed E-state index contributed by atoms with van der Waals surface area (Å²) >= 11 is 0. The van der Waals surface area contributed by atoms with Crippen molar-refractivity contribution in [3.8, 4) is 5.75 Å². The van der Waals surface area contributed by atoms with E-state index in [-0.39, 0.29) is 23.4 Å².